The van der Waals surface area contributed by atoms with Crippen LogP contribution in [0.25, 0.3) is 0 Å². The lowest BCUT2D eigenvalue weighted by atomic mass is 9.94. The summed E-state index contributed by atoms with van der Waals surface area (Å²) in [6.07, 6.45) is 8.76. The van der Waals surface area contributed by atoms with Gasteiger partial charge in [-0.05, 0) is 39.3 Å². The highest BCUT2D eigenvalue weighted by Crippen LogP contribution is 2.22. The van der Waals surface area contributed by atoms with E-state index in [0.29, 0.717) is 24.5 Å². The summed E-state index contributed by atoms with van der Waals surface area (Å²) in [7, 11) is 3.99. The molecule has 0 spiro atoms. The van der Waals surface area contributed by atoms with Gasteiger partial charge >= 0.3 is 0 Å². The third-order valence-corrected chi connectivity index (χ3v) is 4.79. The molecular formula is C15H29N3O. The second-order valence-corrected chi connectivity index (χ2v) is 6.12. The normalized spacial score (nSPS) is 25.7. The van der Waals surface area contributed by atoms with E-state index in [1.165, 1.54) is 44.9 Å². The summed E-state index contributed by atoms with van der Waals surface area (Å²) in [5.74, 6) is 0.315. The molecule has 1 N–H and O–H groups in total. The molecule has 4 heteroatoms. The van der Waals surface area contributed by atoms with E-state index in [4.69, 9.17) is 0 Å². The van der Waals surface area contributed by atoms with Crippen LogP contribution in [0, 0.1) is 0 Å². The van der Waals surface area contributed by atoms with Gasteiger partial charge in [-0.3, -0.25) is 9.69 Å². The van der Waals surface area contributed by atoms with Crippen LogP contribution < -0.4 is 5.32 Å². The number of rotatable bonds is 5. The van der Waals surface area contributed by atoms with E-state index in [1.54, 1.807) is 0 Å². The molecular weight excluding hydrogens is 238 g/mol. The van der Waals surface area contributed by atoms with E-state index >= 15 is 0 Å². The monoisotopic (exact) mass is 267 g/mol. The zero-order valence-corrected chi connectivity index (χ0v) is 12.5. The predicted molar refractivity (Wildman–Crippen MR) is 78.2 cm³/mol. The second-order valence-electron chi connectivity index (χ2n) is 6.12. The molecule has 2 rings (SSSR count). The van der Waals surface area contributed by atoms with E-state index in [-0.39, 0.29) is 0 Å². The zero-order chi connectivity index (χ0) is 13.7. The molecule has 1 unspecified atom stereocenters. The summed E-state index contributed by atoms with van der Waals surface area (Å²) < 4.78 is 0. The van der Waals surface area contributed by atoms with Crippen molar-refractivity contribution in [3.63, 3.8) is 0 Å². The number of hydrogen-bond acceptors (Lipinski definition) is 3. The molecule has 1 aliphatic heterocycles. The van der Waals surface area contributed by atoms with Crippen LogP contribution in [-0.4, -0.2) is 61.5 Å². The summed E-state index contributed by atoms with van der Waals surface area (Å²) in [6.45, 7) is 2.69. The molecule has 110 valence electrons. The van der Waals surface area contributed by atoms with Gasteiger partial charge in [0.15, 0.2) is 0 Å². The summed E-state index contributed by atoms with van der Waals surface area (Å²) in [6, 6.07) is 1.04. The van der Waals surface area contributed by atoms with Crippen molar-refractivity contribution in [1.29, 1.82) is 0 Å². The topological polar surface area (TPSA) is 35.6 Å². The van der Waals surface area contributed by atoms with Gasteiger partial charge in [-0.2, -0.15) is 0 Å². The van der Waals surface area contributed by atoms with E-state index < -0.39 is 0 Å². The molecule has 4 nitrogen and oxygen atoms in total. The number of likely N-dealkylation sites (N-methyl/N-ethyl adjacent to an activating group) is 2. The SMILES string of the molecule is CNCC1CCCN1CC(=O)N(C)C1CCCCC1. The Morgan fingerprint density at radius 3 is 2.63 bits per heavy atom. The van der Waals surface area contributed by atoms with Crippen LogP contribution in [0.4, 0.5) is 0 Å². The van der Waals surface area contributed by atoms with E-state index in [9.17, 15) is 4.79 Å². The lowest BCUT2D eigenvalue weighted by Gasteiger charge is -2.33. The van der Waals surface area contributed by atoms with Gasteiger partial charge in [0.1, 0.15) is 0 Å². The number of carbonyl (C=O) groups is 1. The number of hydrogen-bond donors (Lipinski definition) is 1. The minimum absolute atomic E-state index is 0.315. The highest BCUT2D eigenvalue weighted by atomic mass is 16.2. The van der Waals surface area contributed by atoms with Crippen molar-refractivity contribution in [1.82, 2.24) is 15.1 Å². The fourth-order valence-electron chi connectivity index (χ4n) is 3.53. The van der Waals surface area contributed by atoms with E-state index in [2.05, 4.69) is 10.2 Å². The first-order valence-electron chi connectivity index (χ1n) is 7.86. The van der Waals surface area contributed by atoms with E-state index in [0.717, 1.165) is 13.1 Å². The van der Waals surface area contributed by atoms with Crippen molar-refractivity contribution in [3.05, 3.63) is 0 Å². The summed E-state index contributed by atoms with van der Waals surface area (Å²) in [4.78, 5) is 16.8. The molecule has 1 saturated heterocycles. The number of likely N-dealkylation sites (tertiary alicyclic amines) is 1. The van der Waals surface area contributed by atoms with Gasteiger partial charge in [0.05, 0.1) is 6.54 Å². The molecule has 1 aliphatic carbocycles. The molecule has 0 aromatic rings. The molecule has 0 aromatic carbocycles. The summed E-state index contributed by atoms with van der Waals surface area (Å²) >= 11 is 0. The molecule has 19 heavy (non-hydrogen) atoms. The van der Waals surface area contributed by atoms with Gasteiger partial charge in [0, 0.05) is 25.7 Å². The van der Waals surface area contributed by atoms with Gasteiger partial charge in [-0.25, -0.2) is 0 Å². The first-order chi connectivity index (χ1) is 9.22. The van der Waals surface area contributed by atoms with Crippen molar-refractivity contribution in [2.24, 2.45) is 0 Å². The minimum atomic E-state index is 0.315. The first-order valence-corrected chi connectivity index (χ1v) is 7.86. The smallest absolute Gasteiger partial charge is 0.236 e. The van der Waals surface area contributed by atoms with Crippen molar-refractivity contribution < 1.29 is 4.79 Å². The van der Waals surface area contributed by atoms with Crippen LogP contribution >= 0.6 is 0 Å². The number of amides is 1. The molecule has 1 heterocycles. The highest BCUT2D eigenvalue weighted by molar-refractivity contribution is 5.78. The predicted octanol–water partition coefficient (Wildman–Crippen LogP) is 1.46. The summed E-state index contributed by atoms with van der Waals surface area (Å²) in [5, 5.41) is 3.24. The van der Waals surface area contributed by atoms with Gasteiger partial charge in [-0.1, -0.05) is 19.3 Å². The van der Waals surface area contributed by atoms with Crippen molar-refractivity contribution >= 4 is 5.91 Å². The Hall–Kier alpha value is -0.610. The Balaban J connectivity index is 1.82. The maximum atomic E-state index is 12.4. The Morgan fingerprint density at radius 1 is 1.21 bits per heavy atom. The number of nitrogens with zero attached hydrogens (tertiary/aromatic N) is 2. The van der Waals surface area contributed by atoms with E-state index in [1.807, 2.05) is 19.0 Å². The maximum absolute atomic E-state index is 12.4. The van der Waals surface area contributed by atoms with Crippen LogP contribution in [0.2, 0.25) is 0 Å². The van der Waals surface area contributed by atoms with Crippen molar-refractivity contribution in [2.75, 3.05) is 33.7 Å². The molecule has 1 saturated carbocycles. The van der Waals surface area contributed by atoms with Gasteiger partial charge in [0.25, 0.3) is 0 Å². The van der Waals surface area contributed by atoms with Crippen molar-refractivity contribution in [3.8, 4) is 0 Å². The molecule has 1 amide bonds. The first kappa shape index (κ1) is 14.8. The second kappa shape index (κ2) is 7.25. The number of nitrogens with one attached hydrogen (secondary N) is 1. The van der Waals surface area contributed by atoms with Crippen molar-refractivity contribution in [2.45, 2.75) is 57.0 Å². The van der Waals surface area contributed by atoms with Gasteiger partial charge in [0.2, 0.25) is 5.91 Å². The molecule has 0 radical (unpaired) electrons. The maximum Gasteiger partial charge on any atom is 0.236 e. The Kier molecular flexibility index (Phi) is 5.64. The Bertz CT molecular complexity index is 289. The minimum Gasteiger partial charge on any atom is -0.342 e. The largest absolute Gasteiger partial charge is 0.342 e. The zero-order valence-electron chi connectivity index (χ0n) is 12.5. The Labute approximate surface area is 117 Å². The van der Waals surface area contributed by atoms with Crippen LogP contribution in [0.3, 0.4) is 0 Å². The third-order valence-electron chi connectivity index (χ3n) is 4.79. The van der Waals surface area contributed by atoms with Crippen LogP contribution in [0.5, 0.6) is 0 Å². The van der Waals surface area contributed by atoms with Crippen LogP contribution in [-0.2, 0) is 4.79 Å². The molecule has 0 bridgehead atoms. The molecule has 0 aromatic heterocycles. The third kappa shape index (κ3) is 3.93. The fraction of sp³-hybridized carbons (Fsp3) is 0.933. The van der Waals surface area contributed by atoms with Crippen LogP contribution in [0.15, 0.2) is 0 Å². The van der Waals surface area contributed by atoms with Crippen LogP contribution in [0.1, 0.15) is 44.9 Å². The molecule has 2 aliphatic rings. The average molecular weight is 267 g/mol. The molecule has 1 atom stereocenters. The lowest BCUT2D eigenvalue weighted by molar-refractivity contribution is -0.134. The Morgan fingerprint density at radius 2 is 1.95 bits per heavy atom. The standard InChI is InChI=1S/C15H29N3O/c1-16-11-14-9-6-10-18(14)12-15(19)17(2)13-7-4-3-5-8-13/h13-14,16H,3-12H2,1-2H3. The quantitative estimate of drug-likeness (QED) is 0.819. The molecule has 2 fully saturated rings. The lowest BCUT2D eigenvalue weighted by Crippen LogP contribution is -2.46. The fourth-order valence-corrected chi connectivity index (χ4v) is 3.53. The van der Waals surface area contributed by atoms with Gasteiger partial charge in [-0.15, -0.1) is 0 Å². The highest BCUT2D eigenvalue weighted by Gasteiger charge is 2.28. The van der Waals surface area contributed by atoms with Gasteiger partial charge < -0.3 is 10.2 Å². The average Bonchev–Trinajstić information content (AvgIpc) is 2.86. The number of carbonyl (C=O) groups excluding carboxylic acids is 1. The summed E-state index contributed by atoms with van der Waals surface area (Å²) in [5.41, 5.74) is 0.